The molecule has 14 aromatic rings. The number of alkyl halides is 3. The first-order valence-corrected chi connectivity index (χ1v) is 58.0. The Hall–Kier alpha value is -13.6. The smallest absolute Gasteiger partial charge is 0.287 e. The van der Waals surface area contributed by atoms with E-state index >= 15 is 0 Å². The van der Waals surface area contributed by atoms with Crippen LogP contribution in [0.25, 0.3) is 10.8 Å². The van der Waals surface area contributed by atoms with Crippen LogP contribution in [0, 0.1) is 6.92 Å². The van der Waals surface area contributed by atoms with Gasteiger partial charge in [-0.3, -0.25) is 40.1 Å². The number of rotatable bonds is 39. The highest BCUT2D eigenvalue weighted by Gasteiger charge is 2.49. The molecule has 0 radical (unpaired) electrons. The van der Waals surface area contributed by atoms with E-state index in [1.165, 1.54) is 72.8 Å². The first kappa shape index (κ1) is 117. The number of carbonyl (C=O) groups is 3. The number of carbonyl (C=O) groups excluding carboxylic acids is 3. The monoisotopic (exact) mass is 2220 g/mol. The molecule has 25 nitrogen and oxygen atoms in total. The van der Waals surface area contributed by atoms with E-state index in [4.69, 9.17) is 28.7 Å². The summed E-state index contributed by atoms with van der Waals surface area (Å²) in [5, 5.41) is 24.5. The maximum Gasteiger partial charge on any atom is 0.536 e. The second-order valence-corrected chi connectivity index (χ2v) is 44.9. The predicted octanol–water partition coefficient (Wildman–Crippen LogP) is 27.2. The molecule has 0 bridgehead atoms. The van der Waals surface area contributed by atoms with Crippen LogP contribution in [0.2, 0.25) is 5.02 Å². The lowest BCUT2D eigenvalue weighted by atomic mass is 10.0. The van der Waals surface area contributed by atoms with Gasteiger partial charge in [-0.15, -0.1) is 11.8 Å². The Balaban J connectivity index is 0.000000173. The highest BCUT2D eigenvalue weighted by atomic mass is 35.5. The minimum Gasteiger partial charge on any atom is -0.287 e. The molecule has 0 saturated heterocycles. The largest absolute Gasteiger partial charge is 0.536 e. The van der Waals surface area contributed by atoms with E-state index in [-0.39, 0.29) is 55.4 Å². The molecular weight excluding hydrogens is 2110 g/mol. The zero-order chi connectivity index (χ0) is 107. The van der Waals surface area contributed by atoms with Crippen LogP contribution in [0.5, 0.6) is 0 Å². The van der Waals surface area contributed by atoms with E-state index in [1.54, 1.807) is 121 Å². The highest BCUT2D eigenvalue weighted by Crippen LogP contribution is 2.33. The first-order chi connectivity index (χ1) is 72.1. The number of Topliss-reactive ketones (excluding diaryl/α,β-unsaturated/α-hetero) is 3. The summed E-state index contributed by atoms with van der Waals surface area (Å²) >= 11 is 7.25. The molecule has 780 valence electrons. The quantitative estimate of drug-likeness (QED) is 0.00862. The van der Waals surface area contributed by atoms with E-state index in [9.17, 15) is 69.6 Å². The van der Waals surface area contributed by atoms with Crippen molar-refractivity contribution in [2.24, 2.45) is 30.9 Å². The summed E-state index contributed by atoms with van der Waals surface area (Å²) in [6.07, 6.45) is 12.1. The molecule has 0 fully saturated rings. The molecule has 2 unspecified atom stereocenters. The van der Waals surface area contributed by atoms with Gasteiger partial charge in [0.05, 0.1) is 26.9 Å². The van der Waals surface area contributed by atoms with Gasteiger partial charge in [-0.25, -0.2) is 8.42 Å². The average Bonchev–Trinajstić information content (AvgIpc) is 0.840. The van der Waals surface area contributed by atoms with Crippen LogP contribution >= 0.6 is 46.9 Å². The number of hydrogen-bond donors (Lipinski definition) is 0. The van der Waals surface area contributed by atoms with Crippen molar-refractivity contribution in [3.63, 3.8) is 0 Å². The summed E-state index contributed by atoms with van der Waals surface area (Å²) in [7, 11) is -18.0. The number of benzene rings is 14. The molecule has 2 aliphatic rings. The lowest BCUT2D eigenvalue weighted by Gasteiger charge is -2.09. The number of halogens is 4. The predicted molar refractivity (Wildman–Crippen MR) is 587 cm³/mol. The third kappa shape index (κ3) is 36.7. The molecule has 0 heterocycles. The Morgan fingerprint density at radius 2 is 0.827 bits per heavy atom. The van der Waals surface area contributed by atoms with Gasteiger partial charge in [-0.05, 0) is 251 Å². The summed E-state index contributed by atoms with van der Waals surface area (Å²) in [4.78, 5) is 44.3. The fraction of sp³-hybridized carbons (Fsp3) is 0.188. The Bertz CT molecular complexity index is 7600. The number of thioether (sulfide) groups is 1. The summed E-state index contributed by atoms with van der Waals surface area (Å²) in [6, 6.07) is 108. The lowest BCUT2D eigenvalue weighted by molar-refractivity contribution is -0.0541. The molecule has 38 heteroatoms. The molecule has 14 aromatic carbocycles. The topological polar surface area (TPSA) is 351 Å². The van der Waals surface area contributed by atoms with Gasteiger partial charge >= 0.3 is 46.0 Å². The maximum absolute atomic E-state index is 13.2. The van der Waals surface area contributed by atoms with Crippen molar-refractivity contribution in [3.05, 3.63) is 419 Å². The molecule has 0 N–H and O–H groups in total. The van der Waals surface area contributed by atoms with E-state index in [1.807, 2.05) is 239 Å². The lowest BCUT2D eigenvalue weighted by Crippen LogP contribution is -2.25. The molecule has 2 aliphatic carbocycles. The number of aryl methyl sites for hydroxylation is 2. The first-order valence-electron chi connectivity index (χ1n) is 47.0. The molecule has 2 atom stereocenters. The second kappa shape index (κ2) is 58.5. The van der Waals surface area contributed by atoms with E-state index in [2.05, 4.69) is 52.5 Å². The third-order valence-electron chi connectivity index (χ3n) is 22.0. The Morgan fingerprint density at radius 1 is 0.393 bits per heavy atom. The maximum atomic E-state index is 13.2. The SMILES string of the molecule is C/C(=N\OS(=O)c1cccc2ccccc12)c1ccccc1.CCCCCC/C(=N\OS(=O)(=O)C(F)(F)F)C(=O)c1ccc(Sc2ccccc2)cc1.CCCCCC/C(=N\OS(=O)(=O)c1ccc(C)cc1)C(=O)c1ccc(Sc2ccccc2)cc1.CSc1ccc(C(=O)/C(C)=N/OS(=O)(=O)c2ccccc2)cc1.O=S(=O)(ON=C1Cc2ccccc2C1)c1cccc(Cl)c1.O=S(O/N=C1\CCc2ccccc21)c1ccccc1. The number of oxime groups is 6. The number of hydrogen-bond acceptors (Lipinski definition) is 28. The van der Waals surface area contributed by atoms with Gasteiger partial charge in [0.2, 0.25) is 17.3 Å². The van der Waals surface area contributed by atoms with Crippen LogP contribution in [-0.2, 0) is 108 Å². The fourth-order valence-corrected chi connectivity index (χ4v) is 20.5. The van der Waals surface area contributed by atoms with Gasteiger partial charge in [0.15, 0.2) is 0 Å². The Labute approximate surface area is 895 Å². The Morgan fingerprint density at radius 3 is 1.35 bits per heavy atom. The molecule has 150 heavy (non-hydrogen) atoms. The zero-order valence-corrected chi connectivity index (χ0v) is 90.3. The summed E-state index contributed by atoms with van der Waals surface area (Å²) in [5.41, 5.74) is 3.94. The molecule has 0 aliphatic heterocycles. The van der Waals surface area contributed by atoms with Gasteiger partial charge < -0.3 is 0 Å². The van der Waals surface area contributed by atoms with Crippen LogP contribution in [0.1, 0.15) is 163 Å². The van der Waals surface area contributed by atoms with Gasteiger partial charge in [-0.2, -0.15) is 46.8 Å². The number of unbranched alkanes of at least 4 members (excludes halogenated alkanes) is 6. The van der Waals surface area contributed by atoms with Crippen molar-refractivity contribution in [1.29, 1.82) is 0 Å². The molecular formula is C112H106ClF3N6O19S9. The van der Waals surface area contributed by atoms with Crippen molar-refractivity contribution < 1.29 is 95.3 Å². The molecule has 0 amide bonds. The highest BCUT2D eigenvalue weighted by molar-refractivity contribution is 7.99. The van der Waals surface area contributed by atoms with Crippen LogP contribution in [0.3, 0.4) is 0 Å². The van der Waals surface area contributed by atoms with E-state index in [0.717, 1.165) is 127 Å². The van der Waals surface area contributed by atoms with Crippen LogP contribution in [0.4, 0.5) is 13.2 Å². The molecule has 0 aromatic heterocycles. The van der Waals surface area contributed by atoms with Crippen molar-refractivity contribution in [2.75, 3.05) is 6.26 Å². The summed E-state index contributed by atoms with van der Waals surface area (Å²) < 4.78 is 186. The Kier molecular flexibility index (Phi) is 45.5. The van der Waals surface area contributed by atoms with Gasteiger partial charge in [-0.1, -0.05) is 330 Å². The molecule has 0 saturated carbocycles. The number of fused-ring (bicyclic) bond motifs is 3. The van der Waals surface area contributed by atoms with Gasteiger partial charge in [0.1, 0.15) is 31.8 Å². The molecule has 0 spiro atoms. The third-order valence-corrected chi connectivity index (χ3v) is 31.0. The van der Waals surface area contributed by atoms with Crippen LogP contribution in [-0.4, -0.2) is 105 Å². The van der Waals surface area contributed by atoms with Crippen molar-refractivity contribution in [1.82, 2.24) is 0 Å². The van der Waals surface area contributed by atoms with Crippen molar-refractivity contribution in [3.8, 4) is 0 Å². The second-order valence-electron chi connectivity index (χ2n) is 33.0. The van der Waals surface area contributed by atoms with Crippen molar-refractivity contribution >= 4 is 172 Å². The van der Waals surface area contributed by atoms with Gasteiger partial charge in [0.25, 0.3) is 22.2 Å². The van der Waals surface area contributed by atoms with Crippen LogP contribution < -0.4 is 0 Å². The summed E-state index contributed by atoms with van der Waals surface area (Å²) in [6.45, 7) is 9.19. The number of ketones is 3. The fourth-order valence-electron chi connectivity index (χ4n) is 14.1. The summed E-state index contributed by atoms with van der Waals surface area (Å²) in [5.74, 6) is -1.39. The van der Waals surface area contributed by atoms with Crippen LogP contribution in [0.15, 0.2) is 444 Å². The van der Waals surface area contributed by atoms with Gasteiger partial charge in [0, 0.05) is 70.0 Å². The van der Waals surface area contributed by atoms with E-state index in [0.29, 0.717) is 63.0 Å². The minimum atomic E-state index is -5.93. The average molecular weight is 2220 g/mol. The van der Waals surface area contributed by atoms with Crippen molar-refractivity contribution in [2.45, 2.75) is 179 Å². The normalized spacial score (nSPS) is 13.2. The minimum absolute atomic E-state index is 0.00178. The zero-order valence-electron chi connectivity index (χ0n) is 82.2. The standard InChI is InChI=1S/C27H29NO4S2.C21H22F3NO4S2.C18H15NO2S.C16H15NO4S2.C15H12ClNO3S.C15H13NO2S/c1-3-4-5-9-12-26(28-32-34(30,31)25-19-13-21(2)14-20-25)27(29)22-15-17-24(18-16-22)33-23-10-7-6-8-11-23;1-2-3-4-8-11-19(25-29-31(27,28)21(22,23)24)20(26)16-12-14-18(15-13-16)30-17-9-6-5-7-10-17;1-14(15-8-3-2-4-9-15)19-21-22(20)18-13-7-11-16-10-5-6-12-17(16)18;1-12(16(18)13-8-10-14(22-2)11-9-13)17-21-23(19,20)15-6-4-3-5-7-15;16-13-6-3-7-15(10-13)21(18,19)20-17-14-8-11-4-1-2-5-12(11)9-14;17-19(13-7-2-1-3-8-13)18-16-15-11-10-12-6-4-5-9-14(12)15/h6-8,10-11,13-20H,3-5,9,12H2,1-2H3;5-7,9-10,12-15H,2-4,8,11H2,1H3;2-13H,1H3;3-11H,1-2H3;1-7,10H,8-9H2;1-9H,10-11H2/b28-26+;25-19+;19-14+;17-12+;;16-15+. The van der Waals surface area contributed by atoms with E-state index < -0.39 is 73.9 Å². The molecule has 16 rings (SSSR count). The number of nitrogens with zero attached hydrogens (tertiary/aromatic N) is 6.